The molecule has 1 heterocycles. The molecule has 2 heteroatoms. The topological polar surface area (TPSA) is 21.3 Å². The quantitative estimate of drug-likeness (QED) is 0.702. The third-order valence-electron chi connectivity index (χ3n) is 3.35. The molecule has 15 heavy (non-hydrogen) atoms. The van der Waals surface area contributed by atoms with Crippen LogP contribution in [-0.2, 0) is 4.74 Å². The molecule has 0 aromatic rings. The van der Waals surface area contributed by atoms with Gasteiger partial charge in [-0.1, -0.05) is 27.2 Å². The van der Waals surface area contributed by atoms with E-state index in [1.165, 1.54) is 32.1 Å². The van der Waals surface area contributed by atoms with Gasteiger partial charge in [0, 0.05) is 12.6 Å². The van der Waals surface area contributed by atoms with E-state index in [2.05, 4.69) is 26.1 Å². The highest BCUT2D eigenvalue weighted by atomic mass is 16.5. The van der Waals surface area contributed by atoms with Gasteiger partial charge >= 0.3 is 0 Å². The van der Waals surface area contributed by atoms with E-state index in [1.807, 2.05) is 0 Å². The number of hydrogen-bond acceptors (Lipinski definition) is 2. The lowest BCUT2D eigenvalue weighted by Gasteiger charge is -2.29. The molecule has 3 unspecified atom stereocenters. The van der Waals surface area contributed by atoms with Crippen molar-refractivity contribution in [3.05, 3.63) is 0 Å². The average Bonchev–Trinajstić information content (AvgIpc) is 2.72. The maximum Gasteiger partial charge on any atom is 0.0731 e. The van der Waals surface area contributed by atoms with Crippen molar-refractivity contribution in [2.75, 3.05) is 13.2 Å². The Balaban J connectivity index is 2.42. The maximum absolute atomic E-state index is 5.82. The van der Waals surface area contributed by atoms with Crippen LogP contribution in [0.5, 0.6) is 0 Å². The second kappa shape index (κ2) is 7.24. The van der Waals surface area contributed by atoms with Crippen molar-refractivity contribution < 1.29 is 4.74 Å². The fourth-order valence-electron chi connectivity index (χ4n) is 2.53. The first-order valence-corrected chi connectivity index (χ1v) is 6.64. The van der Waals surface area contributed by atoms with Crippen molar-refractivity contribution in [2.45, 2.75) is 65.0 Å². The Morgan fingerprint density at radius 3 is 2.67 bits per heavy atom. The first kappa shape index (κ1) is 13.0. The first-order valence-electron chi connectivity index (χ1n) is 6.64. The fraction of sp³-hybridized carbons (Fsp3) is 1.00. The minimum atomic E-state index is 0.470. The molecule has 2 nitrogen and oxygen atoms in total. The molecule has 0 radical (unpaired) electrons. The maximum atomic E-state index is 5.82. The van der Waals surface area contributed by atoms with Crippen molar-refractivity contribution in [3.63, 3.8) is 0 Å². The largest absolute Gasteiger partial charge is 0.377 e. The Hall–Kier alpha value is -0.0800. The van der Waals surface area contributed by atoms with Gasteiger partial charge < -0.3 is 10.1 Å². The highest BCUT2D eigenvalue weighted by Crippen LogP contribution is 2.23. The third kappa shape index (κ3) is 4.12. The van der Waals surface area contributed by atoms with Crippen molar-refractivity contribution in [3.8, 4) is 0 Å². The van der Waals surface area contributed by atoms with Crippen LogP contribution >= 0.6 is 0 Å². The van der Waals surface area contributed by atoms with Crippen LogP contribution in [0.2, 0.25) is 0 Å². The minimum Gasteiger partial charge on any atom is -0.377 e. The molecule has 1 rings (SSSR count). The molecular weight excluding hydrogens is 186 g/mol. The van der Waals surface area contributed by atoms with E-state index in [0.717, 1.165) is 19.1 Å². The summed E-state index contributed by atoms with van der Waals surface area (Å²) in [5, 5.41) is 3.67. The highest BCUT2D eigenvalue weighted by molar-refractivity contribution is 4.84. The monoisotopic (exact) mass is 213 g/mol. The lowest BCUT2D eigenvalue weighted by atomic mass is 9.91. The lowest BCUT2D eigenvalue weighted by Crippen LogP contribution is -2.44. The second-order valence-electron chi connectivity index (χ2n) is 4.80. The Morgan fingerprint density at radius 1 is 1.33 bits per heavy atom. The van der Waals surface area contributed by atoms with Crippen molar-refractivity contribution in [1.29, 1.82) is 0 Å². The lowest BCUT2D eigenvalue weighted by molar-refractivity contribution is 0.0589. The van der Waals surface area contributed by atoms with Gasteiger partial charge in [-0.15, -0.1) is 0 Å². The van der Waals surface area contributed by atoms with Crippen molar-refractivity contribution in [2.24, 2.45) is 5.92 Å². The van der Waals surface area contributed by atoms with Crippen molar-refractivity contribution in [1.82, 2.24) is 5.32 Å². The van der Waals surface area contributed by atoms with Crippen LogP contribution in [0.15, 0.2) is 0 Å². The van der Waals surface area contributed by atoms with Crippen LogP contribution < -0.4 is 5.32 Å². The molecule has 1 aliphatic rings. The molecule has 0 saturated carbocycles. The summed E-state index contributed by atoms with van der Waals surface area (Å²) in [5.41, 5.74) is 0. The number of rotatable bonds is 7. The summed E-state index contributed by atoms with van der Waals surface area (Å²) in [4.78, 5) is 0. The van der Waals surface area contributed by atoms with Crippen LogP contribution in [0.1, 0.15) is 52.9 Å². The number of hydrogen-bond donors (Lipinski definition) is 1. The van der Waals surface area contributed by atoms with Crippen LogP contribution in [-0.4, -0.2) is 25.3 Å². The highest BCUT2D eigenvalue weighted by Gasteiger charge is 2.29. The van der Waals surface area contributed by atoms with Gasteiger partial charge in [-0.05, 0) is 38.1 Å². The minimum absolute atomic E-state index is 0.470. The number of nitrogens with one attached hydrogen (secondary N) is 1. The molecule has 0 bridgehead atoms. The Bertz CT molecular complexity index is 155. The normalized spacial score (nSPS) is 25.4. The summed E-state index contributed by atoms with van der Waals surface area (Å²) in [6.07, 6.45) is 6.75. The summed E-state index contributed by atoms with van der Waals surface area (Å²) in [5.74, 6) is 0.740. The molecule has 0 aromatic carbocycles. The summed E-state index contributed by atoms with van der Waals surface area (Å²) in [6.45, 7) is 8.94. The zero-order chi connectivity index (χ0) is 11.1. The zero-order valence-electron chi connectivity index (χ0n) is 10.6. The Morgan fingerprint density at radius 2 is 2.13 bits per heavy atom. The Labute approximate surface area is 94.8 Å². The molecule has 0 aliphatic carbocycles. The molecule has 1 N–H and O–H groups in total. The first-order chi connectivity index (χ1) is 7.29. The van der Waals surface area contributed by atoms with Crippen LogP contribution in [0.25, 0.3) is 0 Å². The summed E-state index contributed by atoms with van der Waals surface area (Å²) in [7, 11) is 0. The molecule has 90 valence electrons. The van der Waals surface area contributed by atoms with E-state index in [1.54, 1.807) is 0 Å². The Kier molecular flexibility index (Phi) is 6.26. The van der Waals surface area contributed by atoms with E-state index in [9.17, 15) is 0 Å². The molecule has 1 aliphatic heterocycles. The average molecular weight is 213 g/mol. The smallest absolute Gasteiger partial charge is 0.0731 e. The van der Waals surface area contributed by atoms with E-state index in [-0.39, 0.29) is 0 Å². The SMILES string of the molecule is CCCNC(C(C)CCC)C1CCCO1. The number of ether oxygens (including phenoxy) is 1. The van der Waals surface area contributed by atoms with E-state index in [0.29, 0.717) is 12.1 Å². The summed E-state index contributed by atoms with van der Waals surface area (Å²) in [6, 6.07) is 0.576. The molecule has 0 aromatic heterocycles. The van der Waals surface area contributed by atoms with Crippen LogP contribution in [0.4, 0.5) is 0 Å². The molecule has 3 atom stereocenters. The van der Waals surface area contributed by atoms with Gasteiger partial charge in [0.15, 0.2) is 0 Å². The predicted molar refractivity (Wildman–Crippen MR) is 65.1 cm³/mol. The zero-order valence-corrected chi connectivity index (χ0v) is 10.6. The molecular formula is C13H27NO. The van der Waals surface area contributed by atoms with Gasteiger partial charge in [-0.25, -0.2) is 0 Å². The molecule has 0 amide bonds. The predicted octanol–water partition coefficient (Wildman–Crippen LogP) is 2.97. The van der Waals surface area contributed by atoms with Crippen LogP contribution in [0, 0.1) is 5.92 Å². The standard InChI is InChI=1S/C13H27NO/c1-4-7-11(3)13(14-9-5-2)12-8-6-10-15-12/h11-14H,4-10H2,1-3H3. The van der Waals surface area contributed by atoms with E-state index >= 15 is 0 Å². The van der Waals surface area contributed by atoms with Gasteiger partial charge in [0.05, 0.1) is 6.10 Å². The summed E-state index contributed by atoms with van der Waals surface area (Å²) < 4.78 is 5.82. The van der Waals surface area contributed by atoms with Crippen LogP contribution in [0.3, 0.4) is 0 Å². The van der Waals surface area contributed by atoms with Gasteiger partial charge in [0.2, 0.25) is 0 Å². The molecule has 0 spiro atoms. The van der Waals surface area contributed by atoms with E-state index < -0.39 is 0 Å². The van der Waals surface area contributed by atoms with Gasteiger partial charge in [-0.3, -0.25) is 0 Å². The third-order valence-corrected chi connectivity index (χ3v) is 3.35. The van der Waals surface area contributed by atoms with Crippen molar-refractivity contribution >= 4 is 0 Å². The second-order valence-corrected chi connectivity index (χ2v) is 4.80. The van der Waals surface area contributed by atoms with Gasteiger partial charge in [0.25, 0.3) is 0 Å². The molecule has 1 saturated heterocycles. The van der Waals surface area contributed by atoms with Gasteiger partial charge in [0.1, 0.15) is 0 Å². The van der Waals surface area contributed by atoms with E-state index in [4.69, 9.17) is 4.74 Å². The fourth-order valence-corrected chi connectivity index (χ4v) is 2.53. The summed E-state index contributed by atoms with van der Waals surface area (Å²) >= 11 is 0. The molecule has 1 fully saturated rings. The van der Waals surface area contributed by atoms with Gasteiger partial charge in [-0.2, -0.15) is 0 Å².